The third kappa shape index (κ3) is 4.68. The normalized spacial score (nSPS) is 11.2. The number of aromatic amines is 1. The Morgan fingerprint density at radius 1 is 0.972 bits per heavy atom. The lowest BCUT2D eigenvalue weighted by atomic mass is 10.2. The molecule has 0 radical (unpaired) electrons. The van der Waals surface area contributed by atoms with Crippen LogP contribution in [0.1, 0.15) is 16.8 Å². The van der Waals surface area contributed by atoms with Crippen molar-refractivity contribution in [1.82, 2.24) is 19.3 Å². The summed E-state index contributed by atoms with van der Waals surface area (Å²) in [5.41, 5.74) is 2.52. The summed E-state index contributed by atoms with van der Waals surface area (Å²) in [7, 11) is 1.60. The van der Waals surface area contributed by atoms with E-state index in [1.165, 1.54) is 10.7 Å². The number of benzene rings is 2. The van der Waals surface area contributed by atoms with Crippen LogP contribution in [0, 0.1) is 0 Å². The molecule has 0 aliphatic carbocycles. The van der Waals surface area contributed by atoms with Crippen LogP contribution in [0.25, 0.3) is 16.6 Å². The number of aromatic nitrogens is 4. The average Bonchev–Trinajstić information content (AvgIpc) is 3.22. The first-order chi connectivity index (χ1) is 17.5. The van der Waals surface area contributed by atoms with Gasteiger partial charge in [-0.1, -0.05) is 41.9 Å². The summed E-state index contributed by atoms with van der Waals surface area (Å²) >= 11 is 6.36. The highest BCUT2D eigenvalue weighted by Crippen LogP contribution is 2.21. The van der Waals surface area contributed by atoms with Crippen LogP contribution in [0.5, 0.6) is 5.75 Å². The van der Waals surface area contributed by atoms with Crippen molar-refractivity contribution in [3.05, 3.63) is 122 Å². The third-order valence-electron chi connectivity index (χ3n) is 5.87. The largest absolute Gasteiger partial charge is 0.497 e. The van der Waals surface area contributed by atoms with Gasteiger partial charge in [0.1, 0.15) is 5.75 Å². The predicted octanol–water partition coefficient (Wildman–Crippen LogP) is 4.30. The second kappa shape index (κ2) is 10.2. The van der Waals surface area contributed by atoms with Gasteiger partial charge in [0, 0.05) is 18.5 Å². The van der Waals surface area contributed by atoms with Crippen molar-refractivity contribution in [2.45, 2.75) is 19.8 Å². The molecule has 0 amide bonds. The van der Waals surface area contributed by atoms with Crippen molar-refractivity contribution < 1.29 is 9.47 Å². The van der Waals surface area contributed by atoms with Gasteiger partial charge in [-0.2, -0.15) is 0 Å². The van der Waals surface area contributed by atoms with Gasteiger partial charge in [0.25, 0.3) is 11.1 Å². The highest BCUT2D eigenvalue weighted by Gasteiger charge is 2.19. The van der Waals surface area contributed by atoms with Crippen LogP contribution in [0.2, 0.25) is 5.02 Å². The van der Waals surface area contributed by atoms with Crippen molar-refractivity contribution >= 4 is 22.5 Å². The number of H-pyrrole nitrogens is 1. The molecular formula is C27H23ClN4O4. The van der Waals surface area contributed by atoms with E-state index < -0.39 is 0 Å². The molecule has 8 nitrogen and oxygen atoms in total. The highest BCUT2D eigenvalue weighted by molar-refractivity contribution is 6.32. The smallest absolute Gasteiger partial charge is 0.281 e. The fourth-order valence-electron chi connectivity index (χ4n) is 4.13. The molecule has 3 aromatic heterocycles. The number of nitrogens with one attached hydrogen (secondary N) is 1. The van der Waals surface area contributed by atoms with Gasteiger partial charge in [-0.25, -0.2) is 4.68 Å². The molecule has 0 atom stereocenters. The number of hydrogen-bond acceptors (Lipinski definition) is 5. The van der Waals surface area contributed by atoms with E-state index in [0.29, 0.717) is 27.3 Å². The van der Waals surface area contributed by atoms with Crippen molar-refractivity contribution in [2.75, 3.05) is 7.11 Å². The molecule has 9 heteroatoms. The Kier molecular flexibility index (Phi) is 6.71. The standard InChI is InChI=1S/C27H23ClN4O4/c1-35-20-8-4-6-18(12-20)16-36-17-24-26-22(13-25(33)31(24)15-19-7-5-11-29-14-19)30-32(27(26)34)23-10-3-2-9-21(23)28/h2-14,30H,15-17H2,1H3. The summed E-state index contributed by atoms with van der Waals surface area (Å²) in [5.74, 6) is 0.722. The van der Waals surface area contributed by atoms with E-state index in [1.54, 1.807) is 54.4 Å². The van der Waals surface area contributed by atoms with E-state index in [-0.39, 0.29) is 30.9 Å². The lowest BCUT2D eigenvalue weighted by molar-refractivity contribution is 0.102. The molecule has 182 valence electrons. The first kappa shape index (κ1) is 23.6. The molecule has 2 aromatic carbocycles. The second-order valence-electron chi connectivity index (χ2n) is 8.21. The van der Waals surface area contributed by atoms with Crippen LogP contribution in [0.4, 0.5) is 0 Å². The fraction of sp³-hybridized carbons (Fsp3) is 0.148. The van der Waals surface area contributed by atoms with Crippen molar-refractivity contribution in [2.24, 2.45) is 0 Å². The summed E-state index contributed by atoms with van der Waals surface area (Å²) in [6.07, 6.45) is 3.36. The topological polar surface area (TPSA) is 91.1 Å². The summed E-state index contributed by atoms with van der Waals surface area (Å²) in [6, 6.07) is 19.7. The van der Waals surface area contributed by atoms with E-state index in [4.69, 9.17) is 21.1 Å². The lowest BCUT2D eigenvalue weighted by Crippen LogP contribution is -2.26. The Balaban J connectivity index is 1.60. The van der Waals surface area contributed by atoms with E-state index in [1.807, 2.05) is 30.3 Å². The zero-order valence-electron chi connectivity index (χ0n) is 19.5. The number of ether oxygens (including phenoxy) is 2. The van der Waals surface area contributed by atoms with Crippen molar-refractivity contribution in [1.29, 1.82) is 0 Å². The average molecular weight is 503 g/mol. The Hall–Kier alpha value is -4.14. The maximum Gasteiger partial charge on any atom is 0.281 e. The molecule has 0 aliphatic rings. The molecule has 5 rings (SSSR count). The Morgan fingerprint density at radius 2 is 1.81 bits per heavy atom. The number of halogens is 1. The van der Waals surface area contributed by atoms with Crippen LogP contribution in [-0.2, 0) is 24.5 Å². The quantitative estimate of drug-likeness (QED) is 0.341. The molecule has 0 saturated heterocycles. The molecule has 3 heterocycles. The maximum absolute atomic E-state index is 13.6. The lowest BCUT2D eigenvalue weighted by Gasteiger charge is -2.14. The fourth-order valence-corrected chi connectivity index (χ4v) is 4.36. The minimum absolute atomic E-state index is 0.0413. The van der Waals surface area contributed by atoms with Gasteiger partial charge in [-0.3, -0.25) is 19.7 Å². The number of para-hydroxylation sites is 1. The molecule has 0 bridgehead atoms. The summed E-state index contributed by atoms with van der Waals surface area (Å²) in [6.45, 7) is 0.564. The van der Waals surface area contributed by atoms with Gasteiger partial charge in [0.2, 0.25) is 0 Å². The molecule has 36 heavy (non-hydrogen) atoms. The van der Waals surface area contributed by atoms with Gasteiger partial charge in [0.05, 0.1) is 54.2 Å². The van der Waals surface area contributed by atoms with Crippen molar-refractivity contribution in [3.63, 3.8) is 0 Å². The minimum Gasteiger partial charge on any atom is -0.497 e. The highest BCUT2D eigenvalue weighted by atomic mass is 35.5. The summed E-state index contributed by atoms with van der Waals surface area (Å²) < 4.78 is 14.2. The van der Waals surface area contributed by atoms with E-state index >= 15 is 0 Å². The van der Waals surface area contributed by atoms with E-state index in [0.717, 1.165) is 16.9 Å². The third-order valence-corrected chi connectivity index (χ3v) is 6.18. The number of hydrogen-bond donors (Lipinski definition) is 1. The first-order valence-corrected chi connectivity index (χ1v) is 11.6. The van der Waals surface area contributed by atoms with Crippen LogP contribution in [-0.4, -0.2) is 26.4 Å². The Labute approximate surface area is 211 Å². The van der Waals surface area contributed by atoms with Crippen LogP contribution >= 0.6 is 11.6 Å². The Bertz CT molecular complexity index is 1640. The number of rotatable bonds is 8. The number of nitrogens with zero attached hydrogens (tertiary/aromatic N) is 3. The second-order valence-corrected chi connectivity index (χ2v) is 8.62. The zero-order valence-corrected chi connectivity index (χ0v) is 20.2. The number of fused-ring (bicyclic) bond motifs is 1. The van der Waals surface area contributed by atoms with Gasteiger partial charge in [-0.15, -0.1) is 0 Å². The summed E-state index contributed by atoms with van der Waals surface area (Å²) in [4.78, 5) is 31.0. The maximum atomic E-state index is 13.6. The van der Waals surface area contributed by atoms with Gasteiger partial charge >= 0.3 is 0 Å². The minimum atomic E-state index is -0.321. The van der Waals surface area contributed by atoms with E-state index in [9.17, 15) is 9.59 Å². The molecule has 0 fully saturated rings. The summed E-state index contributed by atoms with van der Waals surface area (Å²) in [5, 5.41) is 3.81. The number of methoxy groups -OCH3 is 1. The molecular weight excluding hydrogens is 480 g/mol. The molecule has 1 N–H and O–H groups in total. The molecule has 0 aliphatic heterocycles. The first-order valence-electron chi connectivity index (χ1n) is 11.3. The van der Waals surface area contributed by atoms with Gasteiger partial charge in [-0.05, 0) is 41.5 Å². The SMILES string of the molecule is COc1cccc(COCc2c3c(=O)n(-c4ccccc4Cl)[nH]c3cc(=O)n2Cc2cccnc2)c1. The number of pyridine rings is 2. The van der Waals surface area contributed by atoms with Crippen molar-refractivity contribution in [3.8, 4) is 11.4 Å². The Morgan fingerprint density at radius 3 is 2.58 bits per heavy atom. The van der Waals surface area contributed by atoms with Gasteiger partial charge < -0.3 is 14.0 Å². The van der Waals surface area contributed by atoms with Gasteiger partial charge in [0.15, 0.2) is 0 Å². The molecule has 0 spiro atoms. The monoisotopic (exact) mass is 502 g/mol. The van der Waals surface area contributed by atoms with Crippen LogP contribution in [0.15, 0.2) is 88.7 Å². The van der Waals surface area contributed by atoms with Crippen LogP contribution < -0.4 is 15.9 Å². The molecule has 5 aromatic rings. The zero-order chi connectivity index (χ0) is 25.1. The molecule has 0 unspecified atom stereocenters. The molecule has 0 saturated carbocycles. The predicted molar refractivity (Wildman–Crippen MR) is 138 cm³/mol. The van der Waals surface area contributed by atoms with Crippen LogP contribution in [0.3, 0.4) is 0 Å². The van der Waals surface area contributed by atoms with E-state index in [2.05, 4.69) is 10.1 Å².